The third-order valence-corrected chi connectivity index (χ3v) is 6.01. The van der Waals surface area contributed by atoms with E-state index in [0.717, 1.165) is 12.8 Å². The molecule has 2 N–H and O–H groups in total. The third-order valence-electron chi connectivity index (χ3n) is 3.66. The van der Waals surface area contributed by atoms with Crippen LogP contribution in [0.5, 0.6) is 0 Å². The van der Waals surface area contributed by atoms with Gasteiger partial charge in [0.15, 0.2) is 0 Å². The fourth-order valence-corrected chi connectivity index (χ4v) is 4.47. The fourth-order valence-electron chi connectivity index (χ4n) is 2.43. The second-order valence-electron chi connectivity index (χ2n) is 5.31. The summed E-state index contributed by atoms with van der Waals surface area (Å²) < 4.78 is 26.9. The minimum Gasteiger partial charge on any atom is -0.399 e. The van der Waals surface area contributed by atoms with Crippen LogP contribution in [0.15, 0.2) is 23.1 Å². The van der Waals surface area contributed by atoms with Crippen LogP contribution in [0, 0.1) is 0 Å². The van der Waals surface area contributed by atoms with Gasteiger partial charge in [-0.05, 0) is 45.1 Å². The molecule has 1 aliphatic rings. The highest BCUT2D eigenvalue weighted by Gasteiger charge is 2.32. The van der Waals surface area contributed by atoms with Crippen molar-refractivity contribution in [1.29, 1.82) is 0 Å². The Hall–Kier alpha value is -0.820. The largest absolute Gasteiger partial charge is 0.399 e. The zero-order valence-corrected chi connectivity index (χ0v) is 13.3. The average molecular weight is 318 g/mol. The van der Waals surface area contributed by atoms with Gasteiger partial charge in [-0.25, -0.2) is 8.42 Å². The Morgan fingerprint density at radius 3 is 2.70 bits per heavy atom. The summed E-state index contributed by atoms with van der Waals surface area (Å²) in [5.41, 5.74) is 6.07. The molecule has 0 saturated carbocycles. The van der Waals surface area contributed by atoms with Gasteiger partial charge in [-0.1, -0.05) is 11.6 Å². The second kappa shape index (κ2) is 5.89. The van der Waals surface area contributed by atoms with Crippen LogP contribution in [0.2, 0.25) is 5.02 Å². The molecule has 7 heteroatoms. The highest BCUT2D eigenvalue weighted by atomic mass is 35.5. The number of likely N-dealkylation sites (N-methyl/N-ethyl adjacent to an activating group) is 1. The monoisotopic (exact) mass is 317 g/mol. The van der Waals surface area contributed by atoms with E-state index in [-0.39, 0.29) is 16.0 Å². The molecule has 0 aliphatic carbocycles. The van der Waals surface area contributed by atoms with Gasteiger partial charge >= 0.3 is 0 Å². The van der Waals surface area contributed by atoms with Crippen LogP contribution in [0.4, 0.5) is 5.69 Å². The standard InChI is InChI=1S/C13H20ClN3O2S/c1-16(2)11-4-3-7-17(9-11)20(18,19)13-6-5-10(15)8-12(13)14/h5-6,8,11H,3-4,7,9,15H2,1-2H3. The Bertz CT molecular complexity index is 589. The first-order chi connectivity index (χ1) is 9.32. The Kier molecular flexibility index (Phi) is 4.59. The van der Waals surface area contributed by atoms with E-state index in [1.165, 1.54) is 16.4 Å². The number of halogens is 1. The number of nitrogen functional groups attached to an aromatic ring is 1. The first kappa shape index (κ1) is 15.6. The van der Waals surface area contributed by atoms with Gasteiger partial charge in [0.2, 0.25) is 10.0 Å². The normalized spacial score (nSPS) is 21.3. The molecule has 20 heavy (non-hydrogen) atoms. The lowest BCUT2D eigenvalue weighted by Gasteiger charge is -2.35. The molecule has 0 bridgehead atoms. The van der Waals surface area contributed by atoms with Crippen molar-refractivity contribution in [1.82, 2.24) is 9.21 Å². The SMILES string of the molecule is CN(C)C1CCCN(S(=O)(=O)c2ccc(N)cc2Cl)C1. The van der Waals surface area contributed by atoms with E-state index in [9.17, 15) is 8.42 Å². The molecular formula is C13H20ClN3O2S. The quantitative estimate of drug-likeness (QED) is 0.861. The maximum atomic E-state index is 12.7. The van der Waals surface area contributed by atoms with Crippen molar-refractivity contribution in [2.24, 2.45) is 0 Å². The molecule has 2 rings (SSSR count). The average Bonchev–Trinajstić information content (AvgIpc) is 2.38. The predicted octanol–water partition coefficient (Wildman–Crippen LogP) is 1.64. The van der Waals surface area contributed by atoms with Crippen molar-refractivity contribution in [3.8, 4) is 0 Å². The molecule has 0 amide bonds. The van der Waals surface area contributed by atoms with Crippen molar-refractivity contribution in [3.63, 3.8) is 0 Å². The number of hydrogen-bond donors (Lipinski definition) is 1. The molecule has 1 aromatic rings. The van der Waals surface area contributed by atoms with Gasteiger partial charge in [-0.3, -0.25) is 0 Å². The Labute approximate surface area is 125 Å². The topological polar surface area (TPSA) is 66.6 Å². The van der Waals surface area contributed by atoms with Gasteiger partial charge in [0.05, 0.1) is 5.02 Å². The minimum absolute atomic E-state index is 0.132. The molecule has 0 spiro atoms. The van der Waals surface area contributed by atoms with Crippen LogP contribution in [0.25, 0.3) is 0 Å². The van der Waals surface area contributed by atoms with Gasteiger partial charge < -0.3 is 10.6 Å². The summed E-state index contributed by atoms with van der Waals surface area (Å²) in [6.07, 6.45) is 1.86. The van der Waals surface area contributed by atoms with Gasteiger partial charge in [-0.2, -0.15) is 4.31 Å². The van der Waals surface area contributed by atoms with Crippen molar-refractivity contribution in [2.75, 3.05) is 32.9 Å². The molecule has 1 heterocycles. The Morgan fingerprint density at radius 2 is 2.10 bits per heavy atom. The molecule has 0 radical (unpaired) electrons. The van der Waals surface area contributed by atoms with E-state index in [2.05, 4.69) is 4.90 Å². The first-order valence-electron chi connectivity index (χ1n) is 6.54. The Balaban J connectivity index is 2.30. The molecule has 1 aromatic carbocycles. The van der Waals surface area contributed by atoms with Gasteiger partial charge in [0.1, 0.15) is 4.90 Å². The fraction of sp³-hybridized carbons (Fsp3) is 0.538. The van der Waals surface area contributed by atoms with E-state index in [0.29, 0.717) is 18.8 Å². The van der Waals surface area contributed by atoms with Crippen LogP contribution in [-0.4, -0.2) is 50.8 Å². The van der Waals surface area contributed by atoms with Crippen LogP contribution >= 0.6 is 11.6 Å². The maximum Gasteiger partial charge on any atom is 0.244 e. The lowest BCUT2D eigenvalue weighted by Crippen LogP contribution is -2.47. The van der Waals surface area contributed by atoms with Crippen molar-refractivity contribution in [2.45, 2.75) is 23.8 Å². The summed E-state index contributed by atoms with van der Waals surface area (Å²) in [7, 11) is 0.382. The summed E-state index contributed by atoms with van der Waals surface area (Å²) in [5, 5.41) is 0.178. The zero-order valence-electron chi connectivity index (χ0n) is 11.7. The number of hydrogen-bond acceptors (Lipinski definition) is 4. The van der Waals surface area contributed by atoms with Crippen LogP contribution < -0.4 is 5.73 Å². The summed E-state index contributed by atoms with van der Waals surface area (Å²) in [5.74, 6) is 0. The lowest BCUT2D eigenvalue weighted by atomic mass is 10.1. The van der Waals surface area contributed by atoms with Gasteiger partial charge in [0.25, 0.3) is 0 Å². The van der Waals surface area contributed by atoms with Crippen LogP contribution in [0.3, 0.4) is 0 Å². The van der Waals surface area contributed by atoms with E-state index < -0.39 is 10.0 Å². The number of piperidine rings is 1. The lowest BCUT2D eigenvalue weighted by molar-refractivity contribution is 0.190. The Morgan fingerprint density at radius 1 is 1.40 bits per heavy atom. The molecular weight excluding hydrogens is 298 g/mol. The van der Waals surface area contributed by atoms with Crippen LogP contribution in [-0.2, 0) is 10.0 Å². The highest BCUT2D eigenvalue weighted by Crippen LogP contribution is 2.28. The molecule has 1 atom stereocenters. The predicted molar refractivity (Wildman–Crippen MR) is 81.3 cm³/mol. The van der Waals surface area contributed by atoms with E-state index >= 15 is 0 Å². The van der Waals surface area contributed by atoms with Crippen LogP contribution in [0.1, 0.15) is 12.8 Å². The van der Waals surface area contributed by atoms with Crippen molar-refractivity contribution in [3.05, 3.63) is 23.2 Å². The summed E-state index contributed by atoms with van der Waals surface area (Å²) in [4.78, 5) is 2.19. The first-order valence-corrected chi connectivity index (χ1v) is 8.36. The van der Waals surface area contributed by atoms with E-state index in [1.54, 1.807) is 6.07 Å². The zero-order chi connectivity index (χ0) is 14.9. The highest BCUT2D eigenvalue weighted by molar-refractivity contribution is 7.89. The van der Waals surface area contributed by atoms with E-state index in [1.807, 2.05) is 14.1 Å². The molecule has 0 aromatic heterocycles. The third kappa shape index (κ3) is 3.09. The number of anilines is 1. The minimum atomic E-state index is -3.56. The summed E-state index contributed by atoms with van der Waals surface area (Å²) in [6.45, 7) is 1.03. The van der Waals surface area contributed by atoms with Crippen molar-refractivity contribution < 1.29 is 8.42 Å². The molecule has 1 fully saturated rings. The summed E-state index contributed by atoms with van der Waals surface area (Å²) >= 11 is 6.04. The number of nitrogens with two attached hydrogens (primary N) is 1. The van der Waals surface area contributed by atoms with Gasteiger partial charge in [0, 0.05) is 24.8 Å². The second-order valence-corrected chi connectivity index (χ2v) is 7.63. The molecule has 112 valence electrons. The molecule has 1 aliphatic heterocycles. The van der Waals surface area contributed by atoms with Gasteiger partial charge in [-0.15, -0.1) is 0 Å². The van der Waals surface area contributed by atoms with E-state index in [4.69, 9.17) is 17.3 Å². The summed E-state index contributed by atoms with van der Waals surface area (Å²) in [6, 6.07) is 4.76. The smallest absolute Gasteiger partial charge is 0.244 e. The number of rotatable bonds is 3. The molecule has 1 unspecified atom stereocenters. The maximum absolute atomic E-state index is 12.7. The molecule has 5 nitrogen and oxygen atoms in total. The number of sulfonamides is 1. The van der Waals surface area contributed by atoms with Crippen molar-refractivity contribution >= 4 is 27.3 Å². The number of benzene rings is 1. The number of nitrogens with zero attached hydrogens (tertiary/aromatic N) is 2. The molecule has 1 saturated heterocycles.